The van der Waals surface area contributed by atoms with Crippen LogP contribution in [0, 0.1) is 0 Å². The van der Waals surface area contributed by atoms with E-state index >= 15 is 0 Å². The van der Waals surface area contributed by atoms with E-state index in [1.165, 1.54) is 45.6 Å². The number of ether oxygens (including phenoxy) is 3. The number of anilines is 1. The number of nitrogens with one attached hydrogen (secondary N) is 1. The first-order valence-corrected chi connectivity index (χ1v) is 13.0. The zero-order chi connectivity index (χ0) is 24.7. The van der Waals surface area contributed by atoms with Gasteiger partial charge in [-0.15, -0.1) is 0 Å². The molecule has 186 valence electrons. The van der Waals surface area contributed by atoms with Crippen LogP contribution >= 0.6 is 11.6 Å². The van der Waals surface area contributed by atoms with E-state index in [0.29, 0.717) is 10.8 Å². The van der Waals surface area contributed by atoms with Gasteiger partial charge in [0.1, 0.15) is 12.3 Å². The van der Waals surface area contributed by atoms with Gasteiger partial charge in [0.15, 0.2) is 11.5 Å². The molecule has 1 N–H and O–H groups in total. The molecule has 2 aromatic rings. The molecule has 1 aliphatic rings. The summed E-state index contributed by atoms with van der Waals surface area (Å²) in [6.45, 7) is -0.427. The van der Waals surface area contributed by atoms with Crippen molar-refractivity contribution < 1.29 is 27.4 Å². The Morgan fingerprint density at radius 2 is 1.56 bits per heavy atom. The zero-order valence-corrected chi connectivity index (χ0v) is 21.2. The van der Waals surface area contributed by atoms with Gasteiger partial charge in [-0.05, 0) is 43.2 Å². The monoisotopic (exact) mass is 510 g/mol. The SMILES string of the molecule is COc1ccc(S(=O)(=O)N(CC(=O)NC2CCCCCC2)c2cc(Cl)ccc2OC)cc1OC. The fourth-order valence-electron chi connectivity index (χ4n) is 4.09. The van der Waals surface area contributed by atoms with Crippen molar-refractivity contribution in [3.8, 4) is 17.2 Å². The average Bonchev–Trinajstić information content (AvgIpc) is 3.10. The van der Waals surface area contributed by atoms with E-state index in [-0.39, 0.29) is 28.1 Å². The number of sulfonamides is 1. The second-order valence-electron chi connectivity index (χ2n) is 8.10. The number of amides is 1. The Balaban J connectivity index is 2.01. The molecule has 8 nitrogen and oxygen atoms in total. The highest BCUT2D eigenvalue weighted by Gasteiger charge is 2.31. The van der Waals surface area contributed by atoms with Crippen LogP contribution in [0.5, 0.6) is 17.2 Å². The van der Waals surface area contributed by atoms with Gasteiger partial charge >= 0.3 is 0 Å². The molecule has 0 spiro atoms. The number of rotatable bonds is 9. The van der Waals surface area contributed by atoms with E-state index in [1.54, 1.807) is 12.1 Å². The van der Waals surface area contributed by atoms with Crippen LogP contribution < -0.4 is 23.8 Å². The number of hydrogen-bond acceptors (Lipinski definition) is 6. The molecule has 0 aromatic heterocycles. The third-order valence-corrected chi connectivity index (χ3v) is 7.85. The van der Waals surface area contributed by atoms with Crippen molar-refractivity contribution in [1.29, 1.82) is 0 Å². The Hall–Kier alpha value is -2.65. The highest BCUT2D eigenvalue weighted by molar-refractivity contribution is 7.92. The van der Waals surface area contributed by atoms with Crippen LogP contribution in [0.3, 0.4) is 0 Å². The van der Waals surface area contributed by atoms with Crippen molar-refractivity contribution in [3.63, 3.8) is 0 Å². The van der Waals surface area contributed by atoms with Gasteiger partial charge in [-0.3, -0.25) is 9.10 Å². The van der Waals surface area contributed by atoms with Gasteiger partial charge < -0.3 is 19.5 Å². The Morgan fingerprint density at radius 3 is 2.18 bits per heavy atom. The van der Waals surface area contributed by atoms with Gasteiger partial charge in [0.25, 0.3) is 10.0 Å². The first-order valence-electron chi connectivity index (χ1n) is 11.2. The second kappa shape index (κ2) is 11.7. The molecule has 2 aromatic carbocycles. The normalized spacial score (nSPS) is 14.7. The molecule has 1 aliphatic carbocycles. The second-order valence-corrected chi connectivity index (χ2v) is 10.4. The molecule has 0 radical (unpaired) electrons. The van der Waals surface area contributed by atoms with E-state index in [1.807, 2.05) is 0 Å². The number of carbonyl (C=O) groups excluding carboxylic acids is 1. The first kappa shape index (κ1) is 26.0. The molecule has 1 saturated carbocycles. The van der Waals surface area contributed by atoms with E-state index < -0.39 is 22.5 Å². The molecule has 3 rings (SSSR count). The Morgan fingerprint density at radius 1 is 0.941 bits per heavy atom. The maximum absolute atomic E-state index is 13.8. The summed E-state index contributed by atoms with van der Waals surface area (Å²) in [6, 6.07) is 8.93. The summed E-state index contributed by atoms with van der Waals surface area (Å²) in [6.07, 6.45) is 6.14. The van der Waals surface area contributed by atoms with Gasteiger partial charge in [0.05, 0.1) is 31.9 Å². The van der Waals surface area contributed by atoms with Gasteiger partial charge in [0.2, 0.25) is 5.91 Å². The summed E-state index contributed by atoms with van der Waals surface area (Å²) < 4.78 is 44.6. The fraction of sp³-hybridized carbons (Fsp3) is 0.458. The Labute approximate surface area is 206 Å². The van der Waals surface area contributed by atoms with Crippen LogP contribution in [0.25, 0.3) is 0 Å². The van der Waals surface area contributed by atoms with Crippen molar-refractivity contribution in [2.75, 3.05) is 32.2 Å². The van der Waals surface area contributed by atoms with Gasteiger partial charge in [-0.25, -0.2) is 8.42 Å². The number of benzene rings is 2. The number of hydrogen-bond donors (Lipinski definition) is 1. The molecule has 0 atom stereocenters. The fourth-order valence-corrected chi connectivity index (χ4v) is 5.69. The van der Waals surface area contributed by atoms with Gasteiger partial charge in [-0.1, -0.05) is 37.3 Å². The van der Waals surface area contributed by atoms with Gasteiger partial charge in [0, 0.05) is 17.1 Å². The van der Waals surface area contributed by atoms with Crippen LogP contribution in [-0.2, 0) is 14.8 Å². The molecule has 10 heteroatoms. The predicted molar refractivity (Wildman–Crippen MR) is 132 cm³/mol. The lowest BCUT2D eigenvalue weighted by molar-refractivity contribution is -0.120. The summed E-state index contributed by atoms with van der Waals surface area (Å²) in [5.74, 6) is 0.526. The maximum Gasteiger partial charge on any atom is 0.265 e. The topological polar surface area (TPSA) is 94.2 Å². The number of carbonyl (C=O) groups is 1. The molecule has 0 heterocycles. The molecule has 1 fully saturated rings. The van der Waals surface area contributed by atoms with Crippen molar-refractivity contribution >= 4 is 33.2 Å². The summed E-state index contributed by atoms with van der Waals surface area (Å²) >= 11 is 6.20. The summed E-state index contributed by atoms with van der Waals surface area (Å²) in [5.41, 5.74) is 0.167. The summed E-state index contributed by atoms with van der Waals surface area (Å²) in [7, 11) is 0.112. The molecule has 1 amide bonds. The number of methoxy groups -OCH3 is 3. The highest BCUT2D eigenvalue weighted by atomic mass is 35.5. The molecule has 0 unspecified atom stereocenters. The lowest BCUT2D eigenvalue weighted by Crippen LogP contribution is -2.44. The van der Waals surface area contributed by atoms with Crippen molar-refractivity contribution in [1.82, 2.24) is 5.32 Å². The van der Waals surface area contributed by atoms with Crippen LogP contribution in [0.4, 0.5) is 5.69 Å². The molecule has 0 saturated heterocycles. The van der Waals surface area contributed by atoms with E-state index in [0.717, 1.165) is 42.8 Å². The molecule has 0 aliphatic heterocycles. The zero-order valence-electron chi connectivity index (χ0n) is 19.7. The maximum atomic E-state index is 13.8. The lowest BCUT2D eigenvalue weighted by Gasteiger charge is -2.27. The minimum atomic E-state index is -4.21. The minimum Gasteiger partial charge on any atom is -0.495 e. The minimum absolute atomic E-state index is 0.0295. The summed E-state index contributed by atoms with van der Waals surface area (Å²) in [5, 5.41) is 3.32. The van der Waals surface area contributed by atoms with Crippen molar-refractivity contribution in [2.24, 2.45) is 0 Å². The molecular formula is C24H31ClN2O6S. The van der Waals surface area contributed by atoms with E-state index in [9.17, 15) is 13.2 Å². The predicted octanol–water partition coefficient (Wildman–Crippen LogP) is 4.40. The standard InChI is InChI=1S/C24H31ClN2O6S/c1-31-21-12-10-17(25)14-20(21)27(16-24(28)26-18-8-6-4-5-7-9-18)34(29,30)19-11-13-22(32-2)23(15-19)33-3/h10-15,18H,4-9,16H2,1-3H3,(H,26,28). The number of halogens is 1. The highest BCUT2D eigenvalue weighted by Crippen LogP contribution is 2.37. The Bertz CT molecular complexity index is 1100. The van der Waals surface area contributed by atoms with Crippen molar-refractivity contribution in [2.45, 2.75) is 49.5 Å². The van der Waals surface area contributed by atoms with Crippen LogP contribution in [0.1, 0.15) is 38.5 Å². The van der Waals surface area contributed by atoms with Crippen LogP contribution in [-0.4, -0.2) is 48.2 Å². The average molecular weight is 511 g/mol. The Kier molecular flexibility index (Phi) is 8.90. The van der Waals surface area contributed by atoms with Crippen LogP contribution in [0.2, 0.25) is 5.02 Å². The molecule has 34 heavy (non-hydrogen) atoms. The van der Waals surface area contributed by atoms with E-state index in [2.05, 4.69) is 5.32 Å². The molecule has 0 bridgehead atoms. The third-order valence-electron chi connectivity index (χ3n) is 5.86. The first-order chi connectivity index (χ1) is 16.3. The third kappa shape index (κ3) is 6.07. The summed E-state index contributed by atoms with van der Waals surface area (Å²) in [4.78, 5) is 13.0. The van der Waals surface area contributed by atoms with Crippen LogP contribution in [0.15, 0.2) is 41.3 Å². The largest absolute Gasteiger partial charge is 0.495 e. The molecular weight excluding hydrogens is 480 g/mol. The quantitative estimate of drug-likeness (QED) is 0.502. The lowest BCUT2D eigenvalue weighted by atomic mass is 10.1. The van der Waals surface area contributed by atoms with Crippen molar-refractivity contribution in [3.05, 3.63) is 41.4 Å². The smallest absolute Gasteiger partial charge is 0.265 e. The van der Waals surface area contributed by atoms with E-state index in [4.69, 9.17) is 25.8 Å². The van der Waals surface area contributed by atoms with Gasteiger partial charge in [-0.2, -0.15) is 0 Å². The number of nitrogens with zero attached hydrogens (tertiary/aromatic N) is 1.